The van der Waals surface area contributed by atoms with Gasteiger partial charge in [0.05, 0.1) is 5.71 Å². The van der Waals surface area contributed by atoms with Gasteiger partial charge < -0.3 is 5.32 Å². The molecule has 0 aromatic heterocycles. The highest BCUT2D eigenvalue weighted by Gasteiger charge is 2.42. The van der Waals surface area contributed by atoms with E-state index in [-0.39, 0.29) is 11.6 Å². The van der Waals surface area contributed by atoms with Crippen LogP contribution >= 0.6 is 11.8 Å². The van der Waals surface area contributed by atoms with Gasteiger partial charge >= 0.3 is 0 Å². The molecule has 0 saturated heterocycles. The Labute approximate surface area is 211 Å². The largest absolute Gasteiger partial charge is 0.360 e. The SMILES string of the molecule is c1ccc(C2N=C(c3ccc4c(c3)C3(CCCCC3)c3ccccc3S4)c3ccccc3N2)cc1. The zero-order valence-corrected chi connectivity index (χ0v) is 20.5. The molecule has 1 spiro atoms. The molecule has 7 rings (SSSR count). The predicted octanol–water partition coefficient (Wildman–Crippen LogP) is 8.36. The van der Waals surface area contributed by atoms with Crippen molar-refractivity contribution in [3.05, 3.63) is 125 Å². The van der Waals surface area contributed by atoms with Crippen LogP contribution in [0, 0.1) is 0 Å². The molecule has 2 aliphatic heterocycles. The molecule has 0 radical (unpaired) electrons. The van der Waals surface area contributed by atoms with Crippen LogP contribution in [0.3, 0.4) is 0 Å². The van der Waals surface area contributed by atoms with Crippen molar-refractivity contribution in [2.75, 3.05) is 5.32 Å². The normalized spacial score (nSPS) is 19.7. The maximum absolute atomic E-state index is 5.29. The molecule has 4 aromatic carbocycles. The summed E-state index contributed by atoms with van der Waals surface area (Å²) in [7, 11) is 0. The molecule has 0 bridgehead atoms. The van der Waals surface area contributed by atoms with Gasteiger partial charge in [-0.2, -0.15) is 0 Å². The molecule has 3 heteroatoms. The highest BCUT2D eigenvalue weighted by molar-refractivity contribution is 7.99. The van der Waals surface area contributed by atoms with Crippen LogP contribution in [0.4, 0.5) is 5.69 Å². The number of para-hydroxylation sites is 1. The van der Waals surface area contributed by atoms with Gasteiger partial charge in [-0.25, -0.2) is 0 Å². The first-order chi connectivity index (χ1) is 17.3. The van der Waals surface area contributed by atoms with Crippen LogP contribution in [0.5, 0.6) is 0 Å². The second-order valence-corrected chi connectivity index (χ2v) is 11.0. The summed E-state index contributed by atoms with van der Waals surface area (Å²) in [6.07, 6.45) is 6.32. The highest BCUT2D eigenvalue weighted by atomic mass is 32.2. The van der Waals surface area contributed by atoms with E-state index >= 15 is 0 Å². The Hall–Kier alpha value is -3.30. The summed E-state index contributed by atoms with van der Waals surface area (Å²) in [6, 6.07) is 35.4. The van der Waals surface area contributed by atoms with Gasteiger partial charge in [0.25, 0.3) is 0 Å². The molecule has 1 atom stereocenters. The molecule has 1 aliphatic carbocycles. The minimum absolute atomic E-state index is 0.0872. The van der Waals surface area contributed by atoms with Crippen molar-refractivity contribution in [3.63, 3.8) is 0 Å². The fourth-order valence-corrected chi connectivity index (χ4v) is 7.52. The number of anilines is 1. The summed E-state index contributed by atoms with van der Waals surface area (Å²) in [4.78, 5) is 8.14. The van der Waals surface area contributed by atoms with E-state index < -0.39 is 0 Å². The molecule has 4 aromatic rings. The molecule has 35 heavy (non-hydrogen) atoms. The maximum Gasteiger partial charge on any atom is 0.145 e. The second-order valence-electron chi connectivity index (χ2n) is 9.93. The number of hydrogen-bond acceptors (Lipinski definition) is 3. The fraction of sp³-hybridized carbons (Fsp3) is 0.219. The quantitative estimate of drug-likeness (QED) is 0.317. The Morgan fingerprint density at radius 1 is 0.714 bits per heavy atom. The highest BCUT2D eigenvalue weighted by Crippen LogP contribution is 2.55. The van der Waals surface area contributed by atoms with Gasteiger partial charge in [0.1, 0.15) is 6.17 Å². The van der Waals surface area contributed by atoms with Gasteiger partial charge in [0, 0.05) is 32.0 Å². The second kappa shape index (κ2) is 8.42. The zero-order chi connectivity index (χ0) is 23.2. The topological polar surface area (TPSA) is 24.4 Å². The van der Waals surface area contributed by atoms with Gasteiger partial charge in [-0.3, -0.25) is 4.99 Å². The lowest BCUT2D eigenvalue weighted by Gasteiger charge is -2.43. The van der Waals surface area contributed by atoms with Crippen LogP contribution in [0.25, 0.3) is 0 Å². The first-order valence-corrected chi connectivity index (χ1v) is 13.5. The third-order valence-electron chi connectivity index (χ3n) is 7.95. The van der Waals surface area contributed by atoms with E-state index in [4.69, 9.17) is 4.99 Å². The van der Waals surface area contributed by atoms with Gasteiger partial charge in [0.15, 0.2) is 0 Å². The lowest BCUT2D eigenvalue weighted by molar-refractivity contribution is 0.335. The van der Waals surface area contributed by atoms with E-state index in [9.17, 15) is 0 Å². The number of aliphatic imine (C=N–C) groups is 1. The van der Waals surface area contributed by atoms with Crippen LogP contribution in [-0.2, 0) is 5.41 Å². The van der Waals surface area contributed by atoms with Crippen molar-refractivity contribution in [3.8, 4) is 0 Å². The summed E-state index contributed by atoms with van der Waals surface area (Å²) >= 11 is 1.94. The molecule has 0 amide bonds. The molecule has 2 nitrogen and oxygen atoms in total. The first-order valence-electron chi connectivity index (χ1n) is 12.7. The van der Waals surface area contributed by atoms with Crippen molar-refractivity contribution in [1.82, 2.24) is 0 Å². The van der Waals surface area contributed by atoms with Gasteiger partial charge in [0.2, 0.25) is 0 Å². The van der Waals surface area contributed by atoms with E-state index in [1.807, 2.05) is 11.8 Å². The van der Waals surface area contributed by atoms with Crippen molar-refractivity contribution < 1.29 is 0 Å². The third-order valence-corrected chi connectivity index (χ3v) is 9.10. The van der Waals surface area contributed by atoms with Crippen molar-refractivity contribution >= 4 is 23.2 Å². The molecule has 3 aliphatic rings. The first kappa shape index (κ1) is 21.0. The number of nitrogens with zero attached hydrogens (tertiary/aromatic N) is 1. The average Bonchev–Trinajstić information content (AvgIpc) is 2.94. The fourth-order valence-electron chi connectivity index (χ4n) is 6.27. The van der Waals surface area contributed by atoms with Crippen molar-refractivity contribution in [2.45, 2.75) is 53.5 Å². The molecular weight excluding hydrogens is 444 g/mol. The molecule has 1 unspecified atom stereocenters. The average molecular weight is 473 g/mol. The van der Waals surface area contributed by atoms with E-state index in [2.05, 4.69) is 102 Å². The number of hydrogen-bond donors (Lipinski definition) is 1. The van der Waals surface area contributed by atoms with E-state index in [0.29, 0.717) is 0 Å². The van der Waals surface area contributed by atoms with E-state index in [1.54, 1.807) is 0 Å². The van der Waals surface area contributed by atoms with Crippen LogP contribution in [0.15, 0.2) is 112 Å². The Bertz CT molecular complexity index is 1430. The molecule has 2 heterocycles. The van der Waals surface area contributed by atoms with E-state index in [1.165, 1.54) is 69.7 Å². The lowest BCUT2D eigenvalue weighted by atomic mass is 9.64. The zero-order valence-electron chi connectivity index (χ0n) is 19.7. The van der Waals surface area contributed by atoms with E-state index in [0.717, 1.165) is 11.4 Å². The Balaban J connectivity index is 1.40. The maximum atomic E-state index is 5.29. The summed E-state index contributed by atoms with van der Waals surface area (Å²) in [5, 5.41) is 3.65. The molecule has 1 saturated carbocycles. The number of rotatable bonds is 2. The number of benzene rings is 4. The van der Waals surface area contributed by atoms with Gasteiger partial charge in [-0.05, 0) is 53.8 Å². The van der Waals surface area contributed by atoms with Crippen molar-refractivity contribution in [2.24, 2.45) is 4.99 Å². The van der Waals surface area contributed by atoms with Crippen LogP contribution in [-0.4, -0.2) is 5.71 Å². The predicted molar refractivity (Wildman–Crippen MR) is 146 cm³/mol. The standard InChI is InChI=1S/C32H28N2S/c1-3-11-22(12-4-1)31-33-27-15-7-5-13-24(27)30(34-31)23-17-18-29-26(21-23)32(19-9-2-10-20-32)25-14-6-8-16-28(25)35-29/h1,3-8,11-18,21,31,33H,2,9-10,19-20H2. The Morgan fingerprint density at radius 3 is 2.34 bits per heavy atom. The van der Waals surface area contributed by atoms with Crippen LogP contribution < -0.4 is 5.32 Å². The molecule has 1 N–H and O–H groups in total. The monoisotopic (exact) mass is 472 g/mol. The summed E-state index contributed by atoms with van der Waals surface area (Å²) in [5.74, 6) is 0. The number of fused-ring (bicyclic) bond motifs is 5. The Morgan fingerprint density at radius 2 is 1.46 bits per heavy atom. The smallest absolute Gasteiger partial charge is 0.145 e. The molecule has 172 valence electrons. The summed E-state index contributed by atoms with van der Waals surface area (Å²) in [5.41, 5.74) is 8.99. The molecular formula is C32H28N2S. The Kier molecular flexibility index (Phi) is 5.06. The lowest BCUT2D eigenvalue weighted by Crippen LogP contribution is -2.33. The summed E-state index contributed by atoms with van der Waals surface area (Å²) < 4.78 is 0. The summed E-state index contributed by atoms with van der Waals surface area (Å²) in [6.45, 7) is 0. The van der Waals surface area contributed by atoms with Gasteiger partial charge in [-0.1, -0.05) is 104 Å². The van der Waals surface area contributed by atoms with Crippen molar-refractivity contribution in [1.29, 1.82) is 0 Å². The third kappa shape index (κ3) is 3.44. The van der Waals surface area contributed by atoms with Crippen LogP contribution in [0.2, 0.25) is 0 Å². The minimum Gasteiger partial charge on any atom is -0.360 e. The van der Waals surface area contributed by atoms with Crippen LogP contribution in [0.1, 0.15) is 66.1 Å². The minimum atomic E-state index is -0.0872. The molecule has 1 fully saturated rings. The number of nitrogens with one attached hydrogen (secondary N) is 1. The van der Waals surface area contributed by atoms with Gasteiger partial charge in [-0.15, -0.1) is 0 Å².